The van der Waals surface area contributed by atoms with Crippen LogP contribution in [-0.2, 0) is 6.54 Å². The number of aromatic amines is 1. The van der Waals surface area contributed by atoms with Crippen LogP contribution in [0.4, 0.5) is 5.95 Å². The van der Waals surface area contributed by atoms with Crippen LogP contribution in [0.5, 0.6) is 11.5 Å². The lowest BCUT2D eigenvalue weighted by atomic mass is 10.0. The van der Waals surface area contributed by atoms with E-state index in [1.54, 1.807) is 14.2 Å². The topological polar surface area (TPSA) is 83.6 Å². The van der Waals surface area contributed by atoms with Crippen molar-refractivity contribution in [3.63, 3.8) is 0 Å². The quantitative estimate of drug-likeness (QED) is 0.778. The van der Waals surface area contributed by atoms with Gasteiger partial charge in [-0.1, -0.05) is 6.07 Å². The van der Waals surface area contributed by atoms with Gasteiger partial charge in [-0.3, -0.25) is 14.7 Å². The monoisotopic (exact) mass is 385 g/mol. The van der Waals surface area contributed by atoms with Crippen molar-refractivity contribution in [2.75, 3.05) is 32.2 Å². The van der Waals surface area contributed by atoms with E-state index in [1.807, 2.05) is 6.07 Å². The van der Waals surface area contributed by atoms with Crippen molar-refractivity contribution in [2.45, 2.75) is 44.3 Å². The first-order chi connectivity index (χ1) is 13.7. The van der Waals surface area contributed by atoms with Crippen molar-refractivity contribution in [1.82, 2.24) is 20.1 Å². The molecule has 1 saturated carbocycles. The summed E-state index contributed by atoms with van der Waals surface area (Å²) in [5.74, 6) is 2.08. The lowest BCUT2D eigenvalue weighted by molar-refractivity contribution is 0.157. The molecule has 2 fully saturated rings. The second-order valence-corrected chi connectivity index (χ2v) is 7.49. The molecule has 0 bridgehead atoms. The number of hydrogen-bond acceptors (Lipinski definition) is 7. The Balaban J connectivity index is 1.51. The van der Waals surface area contributed by atoms with E-state index in [4.69, 9.17) is 9.47 Å². The summed E-state index contributed by atoms with van der Waals surface area (Å²) in [4.78, 5) is 19.2. The summed E-state index contributed by atoms with van der Waals surface area (Å²) in [6.07, 6.45) is 5.90. The summed E-state index contributed by atoms with van der Waals surface area (Å²) < 4.78 is 10.8. The van der Waals surface area contributed by atoms with Gasteiger partial charge in [0.05, 0.1) is 14.2 Å². The molecule has 2 heterocycles. The molecule has 1 aromatic heterocycles. The average Bonchev–Trinajstić information content (AvgIpc) is 3.57. The molecule has 0 spiro atoms. The van der Waals surface area contributed by atoms with Gasteiger partial charge in [0.1, 0.15) is 6.20 Å². The van der Waals surface area contributed by atoms with Gasteiger partial charge in [0.25, 0.3) is 5.56 Å². The fourth-order valence-corrected chi connectivity index (χ4v) is 4.02. The zero-order chi connectivity index (χ0) is 19.5. The summed E-state index contributed by atoms with van der Waals surface area (Å²) in [7, 11) is 3.32. The normalized spacial score (nSPS) is 19.7. The van der Waals surface area contributed by atoms with E-state index in [0.717, 1.165) is 44.0 Å². The molecule has 150 valence electrons. The van der Waals surface area contributed by atoms with Crippen molar-refractivity contribution in [3.05, 3.63) is 40.3 Å². The molecule has 1 aliphatic heterocycles. The van der Waals surface area contributed by atoms with E-state index < -0.39 is 0 Å². The van der Waals surface area contributed by atoms with E-state index in [9.17, 15) is 4.79 Å². The predicted molar refractivity (Wildman–Crippen MR) is 106 cm³/mol. The van der Waals surface area contributed by atoms with Crippen LogP contribution in [0.15, 0.2) is 29.2 Å². The van der Waals surface area contributed by atoms with Crippen molar-refractivity contribution < 1.29 is 9.47 Å². The Bertz CT molecular complexity index is 867. The highest BCUT2D eigenvalue weighted by Crippen LogP contribution is 2.35. The van der Waals surface area contributed by atoms with Crippen LogP contribution >= 0.6 is 0 Å². The third-order valence-electron chi connectivity index (χ3n) is 5.56. The first-order valence-corrected chi connectivity index (χ1v) is 9.81. The van der Waals surface area contributed by atoms with Crippen LogP contribution in [0.3, 0.4) is 0 Å². The molecule has 1 N–H and O–H groups in total. The lowest BCUT2D eigenvalue weighted by Crippen LogP contribution is -2.49. The number of aromatic nitrogens is 3. The fraction of sp³-hybridized carbons (Fsp3) is 0.550. The third kappa shape index (κ3) is 4.11. The molecule has 4 rings (SSSR count). The smallest absolute Gasteiger partial charge is 0.271 e. The van der Waals surface area contributed by atoms with Gasteiger partial charge >= 0.3 is 0 Å². The highest BCUT2D eigenvalue weighted by atomic mass is 16.5. The number of piperidine rings is 1. The Morgan fingerprint density at radius 2 is 2.00 bits per heavy atom. The van der Waals surface area contributed by atoms with E-state index in [0.29, 0.717) is 18.0 Å². The maximum absolute atomic E-state index is 11.6. The van der Waals surface area contributed by atoms with Crippen LogP contribution < -0.4 is 19.9 Å². The van der Waals surface area contributed by atoms with Crippen LogP contribution in [0.1, 0.15) is 31.2 Å². The van der Waals surface area contributed by atoms with Crippen molar-refractivity contribution in [1.29, 1.82) is 0 Å². The van der Waals surface area contributed by atoms with Gasteiger partial charge in [-0.15, -0.1) is 10.2 Å². The highest BCUT2D eigenvalue weighted by Gasteiger charge is 2.36. The van der Waals surface area contributed by atoms with Crippen LogP contribution in [0.2, 0.25) is 0 Å². The van der Waals surface area contributed by atoms with Crippen molar-refractivity contribution in [2.24, 2.45) is 0 Å². The highest BCUT2D eigenvalue weighted by molar-refractivity contribution is 5.43. The van der Waals surface area contributed by atoms with Gasteiger partial charge in [0.2, 0.25) is 5.95 Å². The molecule has 0 radical (unpaired) electrons. The summed E-state index contributed by atoms with van der Waals surface area (Å²) >= 11 is 0. The first kappa shape index (κ1) is 18.7. The predicted octanol–water partition coefficient (Wildman–Crippen LogP) is 1.82. The molecule has 1 aliphatic carbocycles. The van der Waals surface area contributed by atoms with Gasteiger partial charge in [0, 0.05) is 31.7 Å². The maximum atomic E-state index is 11.6. The van der Waals surface area contributed by atoms with E-state index in [-0.39, 0.29) is 5.56 Å². The van der Waals surface area contributed by atoms with Crippen molar-refractivity contribution in [3.8, 4) is 11.5 Å². The van der Waals surface area contributed by atoms with Gasteiger partial charge in [-0.05, 0) is 43.4 Å². The molecule has 1 saturated heterocycles. The number of hydrogen-bond donors (Lipinski definition) is 1. The van der Waals surface area contributed by atoms with Crippen LogP contribution in [-0.4, -0.2) is 59.5 Å². The standard InChI is InChI=1S/C20H27N5O3/c1-27-17-8-5-14(10-18(17)28-2)12-25(15-6-7-15)16-4-3-9-24(13-16)20-22-19(26)11-21-23-20/h5,8,10-11,15-16H,3-4,6-7,9,12-13H2,1-2H3,(H,22,23,26)/t16-/m1/s1. The second kappa shape index (κ2) is 8.18. The number of methoxy groups -OCH3 is 2. The number of ether oxygens (including phenoxy) is 2. The van der Waals surface area contributed by atoms with Gasteiger partial charge in [-0.2, -0.15) is 0 Å². The number of nitrogens with zero attached hydrogens (tertiary/aromatic N) is 4. The third-order valence-corrected chi connectivity index (χ3v) is 5.56. The SMILES string of the molecule is COc1ccc(CN(C2CC2)[C@@H]2CCCN(c3nncc(=O)[nH]3)C2)cc1OC. The molecule has 8 heteroatoms. The second-order valence-electron chi connectivity index (χ2n) is 7.49. The summed E-state index contributed by atoms with van der Waals surface area (Å²) in [5, 5.41) is 7.92. The largest absolute Gasteiger partial charge is 0.493 e. The van der Waals surface area contributed by atoms with Gasteiger partial charge < -0.3 is 14.4 Å². The minimum Gasteiger partial charge on any atom is -0.493 e. The van der Waals surface area contributed by atoms with Gasteiger partial charge in [-0.25, -0.2) is 0 Å². The van der Waals surface area contributed by atoms with Crippen LogP contribution in [0.25, 0.3) is 0 Å². The Morgan fingerprint density at radius 3 is 2.71 bits per heavy atom. The summed E-state index contributed by atoms with van der Waals surface area (Å²) in [5.41, 5.74) is 1.01. The lowest BCUT2D eigenvalue weighted by Gasteiger charge is -2.39. The average molecular weight is 385 g/mol. The molecular weight excluding hydrogens is 358 g/mol. The Hall–Kier alpha value is -2.61. The van der Waals surface area contributed by atoms with E-state index >= 15 is 0 Å². The molecule has 1 aromatic carbocycles. The molecular formula is C20H27N5O3. The van der Waals surface area contributed by atoms with Crippen molar-refractivity contribution >= 4 is 5.95 Å². The number of nitrogens with one attached hydrogen (secondary N) is 1. The van der Waals surface area contributed by atoms with Crippen LogP contribution in [0, 0.1) is 0 Å². The fourth-order valence-electron chi connectivity index (χ4n) is 4.02. The minimum atomic E-state index is -0.212. The number of rotatable bonds is 7. The van der Waals surface area contributed by atoms with E-state index in [1.165, 1.54) is 24.6 Å². The molecule has 0 unspecified atom stereocenters. The summed E-state index contributed by atoms with van der Waals surface area (Å²) in [6, 6.07) is 7.18. The number of anilines is 1. The number of H-pyrrole nitrogens is 1. The summed E-state index contributed by atoms with van der Waals surface area (Å²) in [6.45, 7) is 2.61. The Labute approximate surface area is 164 Å². The molecule has 8 nitrogen and oxygen atoms in total. The molecule has 1 atom stereocenters. The van der Waals surface area contributed by atoms with Gasteiger partial charge in [0.15, 0.2) is 11.5 Å². The minimum absolute atomic E-state index is 0.212. The zero-order valence-electron chi connectivity index (χ0n) is 16.4. The Kier molecular flexibility index (Phi) is 5.47. The molecule has 0 amide bonds. The zero-order valence-corrected chi connectivity index (χ0v) is 16.4. The molecule has 2 aliphatic rings. The molecule has 2 aromatic rings. The maximum Gasteiger partial charge on any atom is 0.271 e. The Morgan fingerprint density at radius 1 is 1.18 bits per heavy atom. The van der Waals surface area contributed by atoms with E-state index in [2.05, 4.69) is 37.1 Å². The molecule has 28 heavy (non-hydrogen) atoms. The number of benzene rings is 1. The first-order valence-electron chi connectivity index (χ1n) is 9.81.